The number of rotatable bonds is 3. The lowest BCUT2D eigenvalue weighted by Crippen LogP contribution is -2.40. The summed E-state index contributed by atoms with van der Waals surface area (Å²) < 4.78 is 25.6. The third-order valence-corrected chi connectivity index (χ3v) is 6.82. The van der Waals surface area contributed by atoms with E-state index in [1.807, 2.05) is 24.3 Å². The fourth-order valence-electron chi connectivity index (χ4n) is 5.39. The fraction of sp³-hybridized carbons (Fsp3) is 0.458. The van der Waals surface area contributed by atoms with E-state index in [0.29, 0.717) is 26.1 Å². The monoisotopic (exact) mass is 411 g/mol. The molecule has 3 fully saturated rings. The molecule has 5 rings (SSSR count). The summed E-state index contributed by atoms with van der Waals surface area (Å²) in [5.74, 6) is -0.480. The molecule has 5 atom stereocenters. The molecule has 1 unspecified atom stereocenters. The fourth-order valence-corrected chi connectivity index (χ4v) is 5.39. The highest BCUT2D eigenvalue weighted by atomic mass is 19.1. The van der Waals surface area contributed by atoms with E-state index in [0.717, 1.165) is 23.2 Å². The summed E-state index contributed by atoms with van der Waals surface area (Å²) in [6.07, 6.45) is 6.27. The zero-order valence-corrected chi connectivity index (χ0v) is 16.7. The maximum atomic E-state index is 13.5. The number of ether oxygens (including phenoxy) is 2. The summed E-state index contributed by atoms with van der Waals surface area (Å²) in [5, 5.41) is 20.3. The number of aliphatic hydroxyl groups is 2. The Labute approximate surface area is 175 Å². The van der Waals surface area contributed by atoms with Crippen LogP contribution in [0.4, 0.5) is 4.39 Å². The lowest BCUT2D eigenvalue weighted by atomic mass is 9.75. The van der Waals surface area contributed by atoms with Crippen molar-refractivity contribution in [3.63, 3.8) is 0 Å². The average Bonchev–Trinajstić information content (AvgIpc) is 3.32. The van der Waals surface area contributed by atoms with Crippen LogP contribution in [-0.2, 0) is 9.47 Å². The molecule has 5 nitrogen and oxygen atoms in total. The minimum atomic E-state index is -0.706. The third kappa shape index (κ3) is 3.58. The lowest BCUT2D eigenvalue weighted by Gasteiger charge is -2.35. The second-order valence-corrected chi connectivity index (χ2v) is 8.61. The van der Waals surface area contributed by atoms with Crippen molar-refractivity contribution in [1.29, 1.82) is 0 Å². The van der Waals surface area contributed by atoms with Gasteiger partial charge in [0.05, 0.1) is 31.1 Å². The summed E-state index contributed by atoms with van der Waals surface area (Å²) in [7, 11) is 0. The van der Waals surface area contributed by atoms with Gasteiger partial charge in [-0.25, -0.2) is 4.39 Å². The van der Waals surface area contributed by atoms with Gasteiger partial charge in [-0.15, -0.1) is 0 Å². The van der Waals surface area contributed by atoms with E-state index in [2.05, 4.69) is 11.1 Å². The highest BCUT2D eigenvalue weighted by Crippen LogP contribution is 2.55. The highest BCUT2D eigenvalue weighted by molar-refractivity contribution is 5.63. The molecule has 1 aromatic carbocycles. The van der Waals surface area contributed by atoms with Crippen molar-refractivity contribution in [2.75, 3.05) is 13.2 Å². The van der Waals surface area contributed by atoms with Crippen molar-refractivity contribution < 1.29 is 24.1 Å². The molecular formula is C24H26FNO4. The molecule has 2 aliphatic carbocycles. The number of fused-ring (bicyclic) bond motifs is 1. The van der Waals surface area contributed by atoms with Gasteiger partial charge in [0.1, 0.15) is 5.82 Å². The summed E-state index contributed by atoms with van der Waals surface area (Å²) in [6.45, 7) is 1.13. The second-order valence-electron chi connectivity index (χ2n) is 8.61. The first-order valence-corrected chi connectivity index (χ1v) is 10.6. The van der Waals surface area contributed by atoms with Gasteiger partial charge in [-0.3, -0.25) is 4.98 Å². The van der Waals surface area contributed by atoms with E-state index in [1.165, 1.54) is 12.1 Å². The van der Waals surface area contributed by atoms with Crippen LogP contribution in [0.2, 0.25) is 0 Å². The topological polar surface area (TPSA) is 71.8 Å². The molecule has 30 heavy (non-hydrogen) atoms. The molecule has 0 bridgehead atoms. The first-order chi connectivity index (χ1) is 14.5. The maximum Gasteiger partial charge on any atom is 0.175 e. The molecule has 1 aliphatic heterocycles. The van der Waals surface area contributed by atoms with Gasteiger partial charge in [0, 0.05) is 24.1 Å². The van der Waals surface area contributed by atoms with Crippen molar-refractivity contribution in [1.82, 2.24) is 4.98 Å². The number of pyridine rings is 1. The van der Waals surface area contributed by atoms with Crippen molar-refractivity contribution in [3.05, 3.63) is 60.2 Å². The molecule has 1 spiro atoms. The van der Waals surface area contributed by atoms with Gasteiger partial charge in [0.2, 0.25) is 0 Å². The molecule has 2 N–H and O–H groups in total. The summed E-state index contributed by atoms with van der Waals surface area (Å²) in [6, 6.07) is 10.3. The van der Waals surface area contributed by atoms with Crippen LogP contribution >= 0.6 is 0 Å². The van der Waals surface area contributed by atoms with Crippen LogP contribution in [0, 0.1) is 23.6 Å². The van der Waals surface area contributed by atoms with Gasteiger partial charge in [0.25, 0.3) is 0 Å². The number of aromatic nitrogens is 1. The van der Waals surface area contributed by atoms with E-state index in [9.17, 15) is 14.6 Å². The van der Waals surface area contributed by atoms with E-state index < -0.39 is 18.0 Å². The molecule has 2 aromatic rings. The van der Waals surface area contributed by atoms with Crippen LogP contribution in [0.3, 0.4) is 0 Å². The van der Waals surface area contributed by atoms with Gasteiger partial charge < -0.3 is 19.7 Å². The van der Waals surface area contributed by atoms with Crippen molar-refractivity contribution in [2.45, 2.75) is 37.3 Å². The lowest BCUT2D eigenvalue weighted by molar-refractivity contribution is -0.175. The van der Waals surface area contributed by atoms with Crippen LogP contribution < -0.4 is 0 Å². The van der Waals surface area contributed by atoms with E-state index >= 15 is 0 Å². The molecule has 0 radical (unpaired) electrons. The van der Waals surface area contributed by atoms with Crippen LogP contribution in [0.15, 0.2) is 48.7 Å². The molecular weight excluding hydrogens is 385 g/mol. The van der Waals surface area contributed by atoms with E-state index in [-0.39, 0.29) is 23.6 Å². The zero-order valence-electron chi connectivity index (χ0n) is 16.7. The third-order valence-electron chi connectivity index (χ3n) is 6.82. The number of benzene rings is 1. The first-order valence-electron chi connectivity index (χ1n) is 10.6. The minimum Gasteiger partial charge on any atom is -0.390 e. The second kappa shape index (κ2) is 7.85. The van der Waals surface area contributed by atoms with Gasteiger partial charge in [0.15, 0.2) is 5.79 Å². The predicted octanol–water partition coefficient (Wildman–Crippen LogP) is 3.41. The summed E-state index contributed by atoms with van der Waals surface area (Å²) in [5.41, 5.74) is 2.44. The van der Waals surface area contributed by atoms with Gasteiger partial charge in [-0.2, -0.15) is 0 Å². The first kappa shape index (κ1) is 19.8. The summed E-state index contributed by atoms with van der Waals surface area (Å²) >= 11 is 0. The molecule has 158 valence electrons. The van der Waals surface area contributed by atoms with Crippen LogP contribution in [0.5, 0.6) is 0 Å². The van der Waals surface area contributed by atoms with Gasteiger partial charge >= 0.3 is 0 Å². The van der Waals surface area contributed by atoms with Gasteiger partial charge in [-0.1, -0.05) is 24.3 Å². The molecule has 0 amide bonds. The number of halogens is 1. The quantitative estimate of drug-likeness (QED) is 0.810. The Morgan fingerprint density at radius 1 is 1.03 bits per heavy atom. The predicted molar refractivity (Wildman–Crippen MR) is 110 cm³/mol. The molecule has 6 heteroatoms. The molecule has 3 aliphatic rings. The maximum absolute atomic E-state index is 13.5. The molecule has 2 saturated carbocycles. The number of nitrogens with zero attached hydrogens (tertiary/aromatic N) is 1. The molecule has 2 heterocycles. The van der Waals surface area contributed by atoms with Crippen molar-refractivity contribution >= 4 is 6.08 Å². The Kier molecular flexibility index (Phi) is 5.19. The summed E-state index contributed by atoms with van der Waals surface area (Å²) in [4.78, 5) is 4.51. The van der Waals surface area contributed by atoms with E-state index in [4.69, 9.17) is 9.47 Å². The Balaban J connectivity index is 1.38. The standard InChI is InChI=1S/C24H26FNO4/c25-18-3-1-2-15(10-18)16-4-5-19(26-14-16)6-7-21-20-12-23(28)22(27)11-17(20)13-24(21)29-8-9-30-24/h1-7,10,14,17,20-23,27-28H,8-9,11-13H2/b7-6+/t17?,20-,21+,22+,23-/m1/s1. The van der Waals surface area contributed by atoms with Crippen molar-refractivity contribution in [2.24, 2.45) is 17.8 Å². The van der Waals surface area contributed by atoms with Gasteiger partial charge in [-0.05, 0) is 54.5 Å². The minimum absolute atomic E-state index is 0.00292. The Hall–Kier alpha value is -2.12. The normalized spacial score (nSPS) is 32.7. The Morgan fingerprint density at radius 3 is 2.57 bits per heavy atom. The smallest absolute Gasteiger partial charge is 0.175 e. The number of hydrogen-bond acceptors (Lipinski definition) is 5. The van der Waals surface area contributed by atoms with Crippen molar-refractivity contribution in [3.8, 4) is 11.1 Å². The van der Waals surface area contributed by atoms with Crippen LogP contribution in [0.25, 0.3) is 17.2 Å². The number of aliphatic hydroxyl groups excluding tert-OH is 2. The average molecular weight is 411 g/mol. The molecule has 1 saturated heterocycles. The Morgan fingerprint density at radius 2 is 1.83 bits per heavy atom. The largest absolute Gasteiger partial charge is 0.390 e. The van der Waals surface area contributed by atoms with Crippen LogP contribution in [0.1, 0.15) is 25.0 Å². The highest BCUT2D eigenvalue weighted by Gasteiger charge is 2.58. The van der Waals surface area contributed by atoms with Crippen LogP contribution in [-0.4, -0.2) is 46.4 Å². The zero-order chi connectivity index (χ0) is 20.7. The molecule has 1 aromatic heterocycles. The Bertz CT molecular complexity index is 925. The number of hydrogen-bond donors (Lipinski definition) is 2. The SMILES string of the molecule is O[C@@H]1C[C@@H]2C(C[C@@H]1O)CC1(OCCO1)[C@H]2/C=C/c1ccc(-c2cccc(F)c2)cn1. The van der Waals surface area contributed by atoms with E-state index in [1.54, 1.807) is 12.3 Å².